The van der Waals surface area contributed by atoms with Gasteiger partial charge in [-0.1, -0.05) is 6.07 Å². The molecule has 1 aromatic carbocycles. The zero-order valence-corrected chi connectivity index (χ0v) is 10.6. The number of Topliss-reactive ketones (excluding diaryl/α,β-unsaturated/α-hetero) is 1. The number of hydrogen-bond acceptors (Lipinski definition) is 3. The van der Waals surface area contributed by atoms with Crippen molar-refractivity contribution < 1.29 is 18.8 Å². The Bertz CT molecular complexity index is 569. The summed E-state index contributed by atoms with van der Waals surface area (Å²) in [5.74, 6) is -2.34. The molecular formula is C13H13FN2O3. The van der Waals surface area contributed by atoms with Crippen molar-refractivity contribution in [2.24, 2.45) is 0 Å². The second kappa shape index (κ2) is 4.79. The molecule has 0 aliphatic carbocycles. The molecule has 1 heterocycles. The summed E-state index contributed by atoms with van der Waals surface area (Å²) in [7, 11) is 3.18. The molecule has 1 aliphatic heterocycles. The lowest BCUT2D eigenvalue weighted by Crippen LogP contribution is -2.34. The third-order valence-electron chi connectivity index (χ3n) is 2.99. The van der Waals surface area contributed by atoms with Gasteiger partial charge >= 0.3 is 0 Å². The summed E-state index contributed by atoms with van der Waals surface area (Å²) in [5, 5.41) is 0. The van der Waals surface area contributed by atoms with E-state index in [0.717, 1.165) is 4.90 Å². The van der Waals surface area contributed by atoms with Gasteiger partial charge in [0.2, 0.25) is 5.91 Å². The van der Waals surface area contributed by atoms with Gasteiger partial charge in [0.15, 0.2) is 0 Å². The van der Waals surface area contributed by atoms with Gasteiger partial charge in [0.1, 0.15) is 5.82 Å². The van der Waals surface area contributed by atoms with E-state index in [1.807, 2.05) is 0 Å². The highest BCUT2D eigenvalue weighted by molar-refractivity contribution is 6.52. The third kappa shape index (κ3) is 2.21. The number of halogens is 1. The SMILES string of the molecule is CN(C)C(=O)CCN1C(=O)C(=O)c2cccc(F)c21. The van der Waals surface area contributed by atoms with E-state index in [-0.39, 0.29) is 30.1 Å². The fourth-order valence-corrected chi connectivity index (χ4v) is 1.96. The van der Waals surface area contributed by atoms with Crippen LogP contribution in [0.5, 0.6) is 0 Å². The summed E-state index contributed by atoms with van der Waals surface area (Å²) in [5.41, 5.74) is 0.0337. The minimum atomic E-state index is -0.786. The second-order valence-electron chi connectivity index (χ2n) is 4.46. The molecule has 6 heteroatoms. The fraction of sp³-hybridized carbons (Fsp3) is 0.308. The van der Waals surface area contributed by atoms with Gasteiger partial charge in [0.05, 0.1) is 11.3 Å². The lowest BCUT2D eigenvalue weighted by molar-refractivity contribution is -0.128. The molecule has 5 nitrogen and oxygen atoms in total. The number of ketones is 1. The molecule has 0 fully saturated rings. The van der Waals surface area contributed by atoms with Crippen LogP contribution in [0.4, 0.5) is 10.1 Å². The van der Waals surface area contributed by atoms with Crippen LogP contribution in [0.15, 0.2) is 18.2 Å². The van der Waals surface area contributed by atoms with E-state index in [4.69, 9.17) is 0 Å². The van der Waals surface area contributed by atoms with Crippen LogP contribution in [0.25, 0.3) is 0 Å². The van der Waals surface area contributed by atoms with Gasteiger partial charge < -0.3 is 9.80 Å². The first-order chi connectivity index (χ1) is 8.93. The summed E-state index contributed by atoms with van der Waals surface area (Å²) in [6.45, 7) is -0.00444. The quantitative estimate of drug-likeness (QED) is 0.760. The number of amides is 2. The van der Waals surface area contributed by atoms with Crippen molar-refractivity contribution in [3.8, 4) is 0 Å². The average Bonchev–Trinajstić information content (AvgIpc) is 2.61. The highest BCUT2D eigenvalue weighted by Gasteiger charge is 2.37. The molecule has 2 rings (SSSR count). The minimum Gasteiger partial charge on any atom is -0.349 e. The van der Waals surface area contributed by atoms with Crippen LogP contribution in [0, 0.1) is 5.82 Å². The Kier molecular flexibility index (Phi) is 3.33. The number of nitrogens with zero attached hydrogens (tertiary/aromatic N) is 2. The maximum atomic E-state index is 13.7. The molecule has 0 bridgehead atoms. The first kappa shape index (κ1) is 13.2. The highest BCUT2D eigenvalue weighted by Crippen LogP contribution is 2.31. The molecule has 0 unspecified atom stereocenters. The molecule has 0 aromatic heterocycles. The number of rotatable bonds is 3. The molecule has 0 N–H and O–H groups in total. The molecule has 0 radical (unpaired) electrons. The van der Waals surface area contributed by atoms with E-state index in [0.29, 0.717) is 0 Å². The fourth-order valence-electron chi connectivity index (χ4n) is 1.96. The molecule has 0 atom stereocenters. The van der Waals surface area contributed by atoms with Crippen molar-refractivity contribution in [3.63, 3.8) is 0 Å². The number of benzene rings is 1. The summed E-state index contributed by atoms with van der Waals surface area (Å²) >= 11 is 0. The Morgan fingerprint density at radius 1 is 1.32 bits per heavy atom. The molecule has 100 valence electrons. The monoisotopic (exact) mass is 264 g/mol. The number of carbonyl (C=O) groups excluding carboxylic acids is 3. The third-order valence-corrected chi connectivity index (χ3v) is 2.99. The van der Waals surface area contributed by atoms with Gasteiger partial charge in [-0.15, -0.1) is 0 Å². The van der Waals surface area contributed by atoms with Crippen LogP contribution in [0.3, 0.4) is 0 Å². The molecule has 1 aliphatic rings. The van der Waals surface area contributed by atoms with Crippen LogP contribution in [-0.2, 0) is 9.59 Å². The van der Waals surface area contributed by atoms with Crippen molar-refractivity contribution in [1.29, 1.82) is 0 Å². The van der Waals surface area contributed by atoms with Crippen molar-refractivity contribution in [2.75, 3.05) is 25.5 Å². The highest BCUT2D eigenvalue weighted by atomic mass is 19.1. The molecular weight excluding hydrogens is 251 g/mol. The van der Waals surface area contributed by atoms with Gasteiger partial charge in [0.25, 0.3) is 11.7 Å². The lowest BCUT2D eigenvalue weighted by atomic mass is 10.1. The van der Waals surface area contributed by atoms with Crippen molar-refractivity contribution in [2.45, 2.75) is 6.42 Å². The summed E-state index contributed by atoms with van der Waals surface area (Å²) in [4.78, 5) is 37.4. The molecule has 0 saturated heterocycles. The van der Waals surface area contributed by atoms with E-state index in [2.05, 4.69) is 0 Å². The van der Waals surface area contributed by atoms with Gasteiger partial charge in [0, 0.05) is 27.1 Å². The van der Waals surface area contributed by atoms with E-state index >= 15 is 0 Å². The minimum absolute atomic E-state index is 0.00444. The maximum absolute atomic E-state index is 13.7. The Morgan fingerprint density at radius 3 is 2.63 bits per heavy atom. The summed E-state index contributed by atoms with van der Waals surface area (Å²) in [6.07, 6.45) is 0.0415. The van der Waals surface area contributed by atoms with Gasteiger partial charge in [-0.25, -0.2) is 4.39 Å². The van der Waals surface area contributed by atoms with Crippen LogP contribution >= 0.6 is 0 Å². The number of hydrogen-bond donors (Lipinski definition) is 0. The van der Waals surface area contributed by atoms with E-state index in [1.54, 1.807) is 14.1 Å². The van der Waals surface area contributed by atoms with Crippen molar-refractivity contribution in [3.05, 3.63) is 29.6 Å². The van der Waals surface area contributed by atoms with Crippen LogP contribution < -0.4 is 4.90 Å². The predicted octanol–water partition coefficient (Wildman–Crippen LogP) is 0.833. The van der Waals surface area contributed by atoms with Crippen LogP contribution in [0.2, 0.25) is 0 Å². The van der Waals surface area contributed by atoms with Gasteiger partial charge in [-0.05, 0) is 12.1 Å². The molecule has 1 aromatic rings. The average molecular weight is 264 g/mol. The molecule has 19 heavy (non-hydrogen) atoms. The first-order valence-electron chi connectivity index (χ1n) is 5.78. The predicted molar refractivity (Wildman–Crippen MR) is 66.4 cm³/mol. The standard InChI is InChI=1S/C13H13FN2O3/c1-15(2)10(17)6-7-16-11-8(12(18)13(16)19)4-3-5-9(11)14/h3-5H,6-7H2,1-2H3. The van der Waals surface area contributed by atoms with E-state index < -0.39 is 17.5 Å². The first-order valence-corrected chi connectivity index (χ1v) is 5.78. The van der Waals surface area contributed by atoms with Gasteiger partial charge in [-0.3, -0.25) is 14.4 Å². The van der Waals surface area contributed by atoms with Gasteiger partial charge in [-0.2, -0.15) is 0 Å². The summed E-state index contributed by atoms with van der Waals surface area (Å²) < 4.78 is 13.7. The number of para-hydroxylation sites is 1. The second-order valence-corrected chi connectivity index (χ2v) is 4.46. The Hall–Kier alpha value is -2.24. The maximum Gasteiger partial charge on any atom is 0.299 e. The lowest BCUT2D eigenvalue weighted by Gasteiger charge is -2.18. The van der Waals surface area contributed by atoms with Crippen LogP contribution in [0.1, 0.15) is 16.8 Å². The topological polar surface area (TPSA) is 57.7 Å². The zero-order chi connectivity index (χ0) is 14.2. The molecule has 0 spiro atoms. The Morgan fingerprint density at radius 2 is 2.00 bits per heavy atom. The Labute approximate surface area is 109 Å². The molecule has 2 amide bonds. The zero-order valence-electron chi connectivity index (χ0n) is 10.6. The summed E-state index contributed by atoms with van der Waals surface area (Å²) in [6, 6.07) is 3.98. The van der Waals surface area contributed by atoms with Crippen molar-refractivity contribution >= 4 is 23.3 Å². The smallest absolute Gasteiger partial charge is 0.299 e. The number of carbonyl (C=O) groups is 3. The van der Waals surface area contributed by atoms with Crippen molar-refractivity contribution in [1.82, 2.24) is 4.90 Å². The Balaban J connectivity index is 2.26. The molecule has 0 saturated carbocycles. The normalized spacial score (nSPS) is 13.7. The van der Waals surface area contributed by atoms with Crippen LogP contribution in [-0.4, -0.2) is 43.1 Å². The van der Waals surface area contributed by atoms with E-state index in [1.165, 1.54) is 23.1 Å². The number of anilines is 1. The van der Waals surface area contributed by atoms with E-state index in [9.17, 15) is 18.8 Å². The number of fused-ring (bicyclic) bond motifs is 1. The largest absolute Gasteiger partial charge is 0.349 e.